The summed E-state index contributed by atoms with van der Waals surface area (Å²) >= 11 is 3.31. The number of halogens is 2. The first kappa shape index (κ1) is 17.6. The lowest BCUT2D eigenvalue weighted by Gasteiger charge is -2.29. The van der Waals surface area contributed by atoms with Crippen LogP contribution >= 0.6 is 15.9 Å². The Morgan fingerprint density at radius 1 is 1.24 bits per heavy atom. The Labute approximate surface area is 153 Å². The third-order valence-electron chi connectivity index (χ3n) is 3.82. The SMILES string of the molecule is O=C(N/N=C\c1ccc(N2CCOCC2)c(F)c1)c1ccccc1Br. The van der Waals surface area contributed by atoms with E-state index in [1.54, 1.807) is 30.3 Å². The largest absolute Gasteiger partial charge is 0.378 e. The third kappa shape index (κ3) is 4.43. The first-order valence-corrected chi connectivity index (χ1v) is 8.64. The number of rotatable bonds is 4. The lowest BCUT2D eigenvalue weighted by Crippen LogP contribution is -2.36. The summed E-state index contributed by atoms with van der Waals surface area (Å²) in [6.45, 7) is 2.55. The lowest BCUT2D eigenvalue weighted by molar-refractivity contribution is 0.0954. The predicted molar refractivity (Wildman–Crippen MR) is 98.6 cm³/mol. The van der Waals surface area contributed by atoms with Gasteiger partial charge in [0, 0.05) is 17.6 Å². The topological polar surface area (TPSA) is 53.9 Å². The number of carbonyl (C=O) groups excluding carboxylic acids is 1. The number of anilines is 1. The van der Waals surface area contributed by atoms with Gasteiger partial charge in [-0.05, 0) is 45.8 Å². The first-order chi connectivity index (χ1) is 12.1. The van der Waals surface area contributed by atoms with E-state index in [4.69, 9.17) is 4.74 Å². The van der Waals surface area contributed by atoms with Crippen molar-refractivity contribution in [1.29, 1.82) is 0 Å². The molecule has 0 bridgehead atoms. The number of benzene rings is 2. The smallest absolute Gasteiger partial charge is 0.272 e. The molecule has 1 saturated heterocycles. The van der Waals surface area contributed by atoms with E-state index >= 15 is 0 Å². The van der Waals surface area contributed by atoms with Crippen LogP contribution in [0.25, 0.3) is 0 Å². The minimum absolute atomic E-state index is 0.317. The normalized spacial score (nSPS) is 14.7. The Morgan fingerprint density at radius 3 is 2.72 bits per heavy atom. The van der Waals surface area contributed by atoms with Crippen molar-refractivity contribution in [2.45, 2.75) is 0 Å². The Kier molecular flexibility index (Phi) is 5.78. The summed E-state index contributed by atoms with van der Waals surface area (Å²) < 4.78 is 20.3. The van der Waals surface area contributed by atoms with Crippen LogP contribution in [-0.2, 0) is 4.74 Å². The second-order valence-electron chi connectivity index (χ2n) is 5.49. The zero-order valence-electron chi connectivity index (χ0n) is 13.4. The molecule has 1 fully saturated rings. The number of nitrogens with zero attached hydrogens (tertiary/aromatic N) is 2. The minimum Gasteiger partial charge on any atom is -0.378 e. The molecule has 1 aliphatic heterocycles. The van der Waals surface area contributed by atoms with Crippen LogP contribution in [0.5, 0.6) is 0 Å². The standard InChI is InChI=1S/C18H17BrFN3O2/c19-15-4-2-1-3-14(15)18(24)22-21-12-13-5-6-17(16(20)11-13)23-7-9-25-10-8-23/h1-6,11-12H,7-10H2,(H,22,24)/b21-12-. The van der Waals surface area contributed by atoms with Crippen molar-refractivity contribution < 1.29 is 13.9 Å². The van der Waals surface area contributed by atoms with Crippen molar-refractivity contribution in [2.75, 3.05) is 31.2 Å². The number of hydrazone groups is 1. The van der Waals surface area contributed by atoms with E-state index in [1.165, 1.54) is 12.3 Å². The van der Waals surface area contributed by atoms with E-state index in [0.29, 0.717) is 47.6 Å². The summed E-state index contributed by atoms with van der Waals surface area (Å²) in [6.07, 6.45) is 1.42. The zero-order chi connectivity index (χ0) is 17.6. The molecule has 1 amide bonds. The van der Waals surface area contributed by atoms with E-state index < -0.39 is 0 Å². The second kappa shape index (κ2) is 8.22. The fourth-order valence-corrected chi connectivity index (χ4v) is 3.00. The van der Waals surface area contributed by atoms with Crippen molar-refractivity contribution in [2.24, 2.45) is 5.10 Å². The summed E-state index contributed by atoms with van der Waals surface area (Å²) in [7, 11) is 0. The second-order valence-corrected chi connectivity index (χ2v) is 6.34. The van der Waals surface area contributed by atoms with Crippen LogP contribution in [0.15, 0.2) is 52.0 Å². The Hall–Kier alpha value is -2.25. The molecule has 1 heterocycles. The Balaban J connectivity index is 1.64. The molecule has 0 aliphatic carbocycles. The molecule has 2 aromatic carbocycles. The molecule has 0 atom stereocenters. The minimum atomic E-state index is -0.339. The number of ether oxygens (including phenoxy) is 1. The van der Waals surface area contributed by atoms with E-state index in [-0.39, 0.29) is 11.7 Å². The van der Waals surface area contributed by atoms with Crippen molar-refractivity contribution in [3.05, 3.63) is 63.9 Å². The molecule has 1 N–H and O–H groups in total. The summed E-state index contributed by atoms with van der Waals surface area (Å²) in [5.74, 6) is -0.655. The summed E-state index contributed by atoms with van der Waals surface area (Å²) in [4.78, 5) is 14.0. The van der Waals surface area contributed by atoms with Gasteiger partial charge in [0.1, 0.15) is 5.82 Å². The van der Waals surface area contributed by atoms with Gasteiger partial charge in [-0.3, -0.25) is 4.79 Å². The number of hydrogen-bond donors (Lipinski definition) is 1. The van der Waals surface area contributed by atoms with Crippen molar-refractivity contribution in [3.63, 3.8) is 0 Å². The lowest BCUT2D eigenvalue weighted by atomic mass is 10.2. The fourth-order valence-electron chi connectivity index (χ4n) is 2.54. The molecule has 0 radical (unpaired) electrons. The molecule has 3 rings (SSSR count). The third-order valence-corrected chi connectivity index (χ3v) is 4.51. The number of amides is 1. The van der Waals surface area contributed by atoms with Crippen LogP contribution in [0.4, 0.5) is 10.1 Å². The van der Waals surface area contributed by atoms with Gasteiger partial charge >= 0.3 is 0 Å². The highest BCUT2D eigenvalue weighted by atomic mass is 79.9. The fraction of sp³-hybridized carbons (Fsp3) is 0.222. The molecule has 0 spiro atoms. The summed E-state index contributed by atoms with van der Waals surface area (Å²) in [5.41, 5.74) is 4.04. The molecule has 7 heteroatoms. The molecule has 25 heavy (non-hydrogen) atoms. The quantitative estimate of drug-likeness (QED) is 0.627. The van der Waals surface area contributed by atoms with Crippen LogP contribution in [0, 0.1) is 5.82 Å². The van der Waals surface area contributed by atoms with Crippen LogP contribution in [0.1, 0.15) is 15.9 Å². The van der Waals surface area contributed by atoms with Crippen LogP contribution in [-0.4, -0.2) is 38.4 Å². The van der Waals surface area contributed by atoms with Gasteiger partial charge in [-0.1, -0.05) is 18.2 Å². The van der Waals surface area contributed by atoms with Gasteiger partial charge in [-0.15, -0.1) is 0 Å². The monoisotopic (exact) mass is 405 g/mol. The van der Waals surface area contributed by atoms with Gasteiger partial charge in [0.05, 0.1) is 30.7 Å². The van der Waals surface area contributed by atoms with Crippen LogP contribution in [0.2, 0.25) is 0 Å². The molecular weight excluding hydrogens is 389 g/mol. The van der Waals surface area contributed by atoms with E-state index in [0.717, 1.165) is 0 Å². The Bertz CT molecular complexity index is 792. The van der Waals surface area contributed by atoms with Crippen molar-refractivity contribution in [1.82, 2.24) is 5.43 Å². The summed E-state index contributed by atoms with van der Waals surface area (Å²) in [6, 6.07) is 11.9. The maximum atomic E-state index is 14.3. The van der Waals surface area contributed by atoms with Crippen LogP contribution < -0.4 is 10.3 Å². The van der Waals surface area contributed by atoms with Gasteiger partial charge in [-0.2, -0.15) is 5.10 Å². The van der Waals surface area contributed by atoms with Gasteiger partial charge in [0.15, 0.2) is 0 Å². The van der Waals surface area contributed by atoms with Crippen LogP contribution in [0.3, 0.4) is 0 Å². The highest BCUT2D eigenvalue weighted by Crippen LogP contribution is 2.21. The molecule has 5 nitrogen and oxygen atoms in total. The number of carbonyl (C=O) groups is 1. The average Bonchev–Trinajstić information content (AvgIpc) is 2.63. The molecular formula is C18H17BrFN3O2. The van der Waals surface area contributed by atoms with Crippen molar-refractivity contribution in [3.8, 4) is 0 Å². The van der Waals surface area contributed by atoms with Gasteiger partial charge in [0.2, 0.25) is 0 Å². The Morgan fingerprint density at radius 2 is 2.00 bits per heavy atom. The number of hydrogen-bond acceptors (Lipinski definition) is 4. The number of nitrogens with one attached hydrogen (secondary N) is 1. The average molecular weight is 406 g/mol. The van der Waals surface area contributed by atoms with E-state index in [1.807, 2.05) is 11.0 Å². The maximum Gasteiger partial charge on any atom is 0.272 e. The highest BCUT2D eigenvalue weighted by Gasteiger charge is 2.15. The predicted octanol–water partition coefficient (Wildman–Crippen LogP) is 3.19. The molecule has 0 aromatic heterocycles. The van der Waals surface area contributed by atoms with Gasteiger partial charge in [-0.25, -0.2) is 9.82 Å². The molecule has 130 valence electrons. The zero-order valence-corrected chi connectivity index (χ0v) is 15.0. The number of morpholine rings is 1. The first-order valence-electron chi connectivity index (χ1n) is 7.85. The van der Waals surface area contributed by atoms with Gasteiger partial charge < -0.3 is 9.64 Å². The molecule has 0 saturated carbocycles. The van der Waals surface area contributed by atoms with Crippen molar-refractivity contribution >= 4 is 33.7 Å². The molecule has 2 aromatic rings. The summed E-state index contributed by atoms with van der Waals surface area (Å²) in [5, 5.41) is 3.90. The van der Waals surface area contributed by atoms with E-state index in [9.17, 15) is 9.18 Å². The van der Waals surface area contributed by atoms with Gasteiger partial charge in [0.25, 0.3) is 5.91 Å². The maximum absolute atomic E-state index is 14.3. The molecule has 0 unspecified atom stereocenters. The van der Waals surface area contributed by atoms with E-state index in [2.05, 4.69) is 26.5 Å². The highest BCUT2D eigenvalue weighted by molar-refractivity contribution is 9.10. The molecule has 1 aliphatic rings.